The number of aromatic nitrogens is 2. The number of nitrogens with zero attached hydrogens (tertiary/aromatic N) is 2. The first-order chi connectivity index (χ1) is 17.5. The van der Waals surface area contributed by atoms with E-state index in [0.717, 1.165) is 76.3 Å². The molecular formula is C30H33N3O3. The first kappa shape index (κ1) is 24.1. The second kappa shape index (κ2) is 10.5. The third-order valence-electron chi connectivity index (χ3n) is 7.06. The van der Waals surface area contributed by atoms with E-state index in [-0.39, 0.29) is 11.9 Å². The number of carbonyl (C=O) groups excluding carboxylic acids is 1. The highest BCUT2D eigenvalue weighted by atomic mass is 16.5. The van der Waals surface area contributed by atoms with Gasteiger partial charge >= 0.3 is 0 Å². The molecule has 5 rings (SSSR count). The minimum absolute atomic E-state index is 0.183. The summed E-state index contributed by atoms with van der Waals surface area (Å²) in [4.78, 5) is 15.2. The molecule has 6 nitrogen and oxygen atoms in total. The smallest absolute Gasteiger partial charge is 0.141 e. The van der Waals surface area contributed by atoms with Gasteiger partial charge in [-0.25, -0.2) is 0 Å². The van der Waals surface area contributed by atoms with Gasteiger partial charge in [-0.2, -0.15) is 5.10 Å². The summed E-state index contributed by atoms with van der Waals surface area (Å²) in [7, 11) is 3.81. The lowest BCUT2D eigenvalue weighted by atomic mass is 9.98. The number of Topliss-reactive ketones (excluding diaryl/α,β-unsaturated/α-hetero) is 1. The second-order valence-corrected chi connectivity index (χ2v) is 9.78. The van der Waals surface area contributed by atoms with Crippen molar-refractivity contribution in [1.82, 2.24) is 15.1 Å². The number of nitrogens with one attached hydrogen (secondary N) is 1. The topological polar surface area (TPSA) is 67.5 Å². The lowest BCUT2D eigenvalue weighted by Gasteiger charge is -2.29. The Morgan fingerprint density at radius 1 is 1.00 bits per heavy atom. The van der Waals surface area contributed by atoms with Crippen LogP contribution in [0.25, 0.3) is 22.2 Å². The minimum Gasteiger partial charge on any atom is -0.497 e. The van der Waals surface area contributed by atoms with Crippen molar-refractivity contribution in [2.24, 2.45) is 0 Å². The van der Waals surface area contributed by atoms with Gasteiger partial charge < -0.3 is 14.4 Å². The van der Waals surface area contributed by atoms with Crippen LogP contribution in [0.5, 0.6) is 11.5 Å². The van der Waals surface area contributed by atoms with E-state index in [2.05, 4.69) is 40.3 Å². The largest absolute Gasteiger partial charge is 0.497 e. The van der Waals surface area contributed by atoms with Crippen molar-refractivity contribution in [3.05, 3.63) is 77.4 Å². The Kier molecular flexibility index (Phi) is 7.05. The molecule has 1 fully saturated rings. The number of rotatable bonds is 8. The first-order valence-corrected chi connectivity index (χ1v) is 12.6. The molecule has 0 unspecified atom stereocenters. The average Bonchev–Trinajstić information content (AvgIpc) is 3.30. The number of hydrogen-bond acceptors (Lipinski definition) is 5. The van der Waals surface area contributed by atoms with Gasteiger partial charge in [-0.3, -0.25) is 9.89 Å². The molecule has 1 saturated heterocycles. The lowest BCUT2D eigenvalue weighted by Crippen LogP contribution is -2.35. The molecule has 186 valence electrons. The molecule has 6 heteroatoms. The summed E-state index contributed by atoms with van der Waals surface area (Å²) in [5.41, 5.74) is 5.96. The molecule has 0 aliphatic carbocycles. The van der Waals surface area contributed by atoms with Gasteiger partial charge in [-0.15, -0.1) is 0 Å². The van der Waals surface area contributed by atoms with Gasteiger partial charge in [0, 0.05) is 36.9 Å². The zero-order valence-electron chi connectivity index (χ0n) is 21.2. The number of hydrogen-bond donors (Lipinski definition) is 1. The summed E-state index contributed by atoms with van der Waals surface area (Å²) in [6, 6.07) is 20.1. The maximum absolute atomic E-state index is 12.9. The molecule has 1 N–H and O–H groups in total. The summed E-state index contributed by atoms with van der Waals surface area (Å²) in [5, 5.41) is 8.71. The van der Waals surface area contributed by atoms with Crippen LogP contribution in [0.4, 0.5) is 0 Å². The van der Waals surface area contributed by atoms with Crippen molar-refractivity contribution in [1.29, 1.82) is 0 Å². The number of ether oxygens (including phenoxy) is 2. The Labute approximate surface area is 212 Å². The highest BCUT2D eigenvalue weighted by Gasteiger charge is 2.18. The average molecular weight is 484 g/mol. The van der Waals surface area contributed by atoms with Crippen LogP contribution in [0.15, 0.2) is 60.7 Å². The molecule has 2 heterocycles. The van der Waals surface area contributed by atoms with E-state index in [9.17, 15) is 4.79 Å². The molecule has 1 aromatic heterocycles. The molecule has 0 bridgehead atoms. The molecule has 4 aromatic rings. The van der Waals surface area contributed by atoms with Crippen LogP contribution in [0.1, 0.15) is 29.5 Å². The number of ketones is 1. The van der Waals surface area contributed by atoms with Crippen molar-refractivity contribution in [2.45, 2.75) is 38.7 Å². The Morgan fingerprint density at radius 3 is 2.47 bits per heavy atom. The molecule has 0 atom stereocenters. The number of aromatic amines is 1. The van der Waals surface area contributed by atoms with Gasteiger partial charge in [-0.05, 0) is 92.0 Å². The van der Waals surface area contributed by atoms with Crippen LogP contribution >= 0.6 is 0 Å². The van der Waals surface area contributed by atoms with Gasteiger partial charge in [0.1, 0.15) is 23.4 Å². The van der Waals surface area contributed by atoms with Crippen molar-refractivity contribution >= 4 is 16.7 Å². The van der Waals surface area contributed by atoms with Crippen molar-refractivity contribution in [3.63, 3.8) is 0 Å². The second-order valence-electron chi connectivity index (χ2n) is 9.78. The molecule has 0 saturated carbocycles. The summed E-state index contributed by atoms with van der Waals surface area (Å²) in [5.74, 6) is 1.89. The number of benzene rings is 3. The van der Waals surface area contributed by atoms with E-state index >= 15 is 0 Å². The van der Waals surface area contributed by atoms with Crippen LogP contribution in [0.3, 0.4) is 0 Å². The molecular weight excluding hydrogens is 450 g/mol. The van der Waals surface area contributed by atoms with Gasteiger partial charge in [-0.1, -0.05) is 12.1 Å². The van der Waals surface area contributed by atoms with E-state index in [1.54, 1.807) is 7.11 Å². The summed E-state index contributed by atoms with van der Waals surface area (Å²) in [6.07, 6.45) is 3.18. The van der Waals surface area contributed by atoms with Crippen LogP contribution in [0, 0.1) is 6.92 Å². The quantitative estimate of drug-likeness (QED) is 0.365. The number of aryl methyl sites for hydroxylation is 1. The fraction of sp³-hybridized carbons (Fsp3) is 0.333. The highest BCUT2D eigenvalue weighted by Crippen LogP contribution is 2.29. The maximum atomic E-state index is 12.9. The third-order valence-corrected chi connectivity index (χ3v) is 7.06. The monoisotopic (exact) mass is 483 g/mol. The fourth-order valence-corrected chi connectivity index (χ4v) is 4.87. The Morgan fingerprint density at radius 2 is 1.75 bits per heavy atom. The van der Waals surface area contributed by atoms with Gasteiger partial charge in [0.25, 0.3) is 0 Å². The zero-order valence-corrected chi connectivity index (χ0v) is 21.2. The van der Waals surface area contributed by atoms with Gasteiger partial charge in [0.05, 0.1) is 18.3 Å². The van der Waals surface area contributed by atoms with Crippen LogP contribution in [-0.4, -0.2) is 54.2 Å². The molecule has 1 aliphatic heterocycles. The molecule has 36 heavy (non-hydrogen) atoms. The highest BCUT2D eigenvalue weighted by molar-refractivity contribution is 5.94. The van der Waals surface area contributed by atoms with Crippen molar-refractivity contribution in [2.75, 3.05) is 27.2 Å². The number of carbonyl (C=O) groups is 1. The van der Waals surface area contributed by atoms with Crippen LogP contribution < -0.4 is 9.47 Å². The predicted octanol–water partition coefficient (Wildman–Crippen LogP) is 5.37. The summed E-state index contributed by atoms with van der Waals surface area (Å²) in [6.45, 7) is 4.16. The Balaban J connectivity index is 1.28. The maximum Gasteiger partial charge on any atom is 0.141 e. The zero-order chi connectivity index (χ0) is 25.1. The normalized spacial score (nSPS) is 14.8. The van der Waals surface area contributed by atoms with E-state index in [4.69, 9.17) is 9.47 Å². The molecule has 1 aliphatic rings. The van der Waals surface area contributed by atoms with Crippen LogP contribution in [0.2, 0.25) is 0 Å². The SMILES string of the molecule is COc1ccc(CC(=O)Cc2ccc3[nH]nc(-c4ccc(OC5CCN(C)CC5)cc4)c3c2)c(C)c1. The number of H-pyrrole nitrogens is 1. The first-order valence-electron chi connectivity index (χ1n) is 12.6. The number of likely N-dealkylation sites (tertiary alicyclic amines) is 1. The lowest BCUT2D eigenvalue weighted by molar-refractivity contribution is -0.117. The fourth-order valence-electron chi connectivity index (χ4n) is 4.87. The molecule has 0 radical (unpaired) electrons. The van der Waals surface area contributed by atoms with E-state index in [1.165, 1.54) is 0 Å². The van der Waals surface area contributed by atoms with Crippen LogP contribution in [-0.2, 0) is 17.6 Å². The van der Waals surface area contributed by atoms with Crippen molar-refractivity contribution in [3.8, 4) is 22.8 Å². The Bertz CT molecular complexity index is 1350. The predicted molar refractivity (Wildman–Crippen MR) is 143 cm³/mol. The number of fused-ring (bicyclic) bond motifs is 1. The van der Waals surface area contributed by atoms with Crippen molar-refractivity contribution < 1.29 is 14.3 Å². The summed E-state index contributed by atoms with van der Waals surface area (Å²) < 4.78 is 11.5. The summed E-state index contributed by atoms with van der Waals surface area (Å²) >= 11 is 0. The minimum atomic E-state index is 0.183. The third kappa shape index (κ3) is 5.44. The number of methoxy groups -OCH3 is 1. The molecule has 0 amide bonds. The molecule has 0 spiro atoms. The van der Waals surface area contributed by atoms with Gasteiger partial charge in [0.2, 0.25) is 0 Å². The standard InChI is InChI=1S/C30H33N3O3/c1-20-16-27(35-3)10-7-23(20)19-24(34)17-21-4-11-29-28(18-21)30(32-31-29)22-5-8-25(9-6-22)36-26-12-14-33(2)15-13-26/h4-11,16,18,26H,12-15,17,19H2,1-3H3,(H,31,32). The van der Waals surface area contributed by atoms with E-state index in [0.29, 0.717) is 12.8 Å². The molecule has 3 aromatic carbocycles. The van der Waals surface area contributed by atoms with Gasteiger partial charge in [0.15, 0.2) is 0 Å². The van der Waals surface area contributed by atoms with E-state index < -0.39 is 0 Å². The number of piperidine rings is 1. The van der Waals surface area contributed by atoms with E-state index in [1.807, 2.05) is 49.4 Å². The Hall–Kier alpha value is -3.64.